The van der Waals surface area contributed by atoms with Gasteiger partial charge >= 0.3 is 12.1 Å². The molecule has 0 saturated heterocycles. The molecule has 0 bridgehead atoms. The number of rotatable bonds is 4. The minimum absolute atomic E-state index is 0.126. The van der Waals surface area contributed by atoms with Crippen LogP contribution in [0.4, 0.5) is 18.9 Å². The van der Waals surface area contributed by atoms with Crippen LogP contribution in [0.3, 0.4) is 0 Å². The Morgan fingerprint density at radius 2 is 1.87 bits per heavy atom. The molecule has 0 radical (unpaired) electrons. The van der Waals surface area contributed by atoms with Crippen LogP contribution in [-0.2, 0) is 21.0 Å². The van der Waals surface area contributed by atoms with Gasteiger partial charge in [-0.2, -0.15) is 13.2 Å². The van der Waals surface area contributed by atoms with Crippen LogP contribution in [0.15, 0.2) is 51.8 Å². The maximum atomic E-state index is 13.4. The van der Waals surface area contributed by atoms with Crippen LogP contribution < -0.4 is 9.04 Å². The highest BCUT2D eigenvalue weighted by Crippen LogP contribution is 2.45. The van der Waals surface area contributed by atoms with Gasteiger partial charge in [-0.3, -0.25) is 9.10 Å². The Bertz CT molecular complexity index is 1130. The molecule has 1 heterocycles. The summed E-state index contributed by atoms with van der Waals surface area (Å²) in [5.41, 5.74) is -0.853. The summed E-state index contributed by atoms with van der Waals surface area (Å²) in [6.07, 6.45) is -4.59. The largest absolute Gasteiger partial charge is 0.486 e. The van der Waals surface area contributed by atoms with Gasteiger partial charge in [-0.05, 0) is 55.2 Å². The van der Waals surface area contributed by atoms with Crippen molar-refractivity contribution < 1.29 is 36.2 Å². The van der Waals surface area contributed by atoms with Crippen LogP contribution in [0.2, 0.25) is 0 Å². The summed E-state index contributed by atoms with van der Waals surface area (Å²) >= 11 is 3.28. The fourth-order valence-electron chi connectivity index (χ4n) is 3.85. The second kappa shape index (κ2) is 7.70. The van der Waals surface area contributed by atoms with Crippen LogP contribution in [0.25, 0.3) is 0 Å². The summed E-state index contributed by atoms with van der Waals surface area (Å²) in [4.78, 5) is 10.6. The molecular formula is C20H17BrF3NO5S. The number of fused-ring (bicyclic) bond motifs is 1. The molecule has 0 spiro atoms. The van der Waals surface area contributed by atoms with E-state index in [2.05, 4.69) is 15.9 Å². The lowest BCUT2D eigenvalue weighted by atomic mass is 9.72. The molecule has 4 rings (SSSR count). The smallest absolute Gasteiger partial charge is 0.416 e. The van der Waals surface area contributed by atoms with E-state index in [0.717, 1.165) is 22.5 Å². The highest BCUT2D eigenvalue weighted by Gasteiger charge is 2.45. The Hall–Kier alpha value is -2.27. The van der Waals surface area contributed by atoms with Crippen molar-refractivity contribution in [3.63, 3.8) is 0 Å². The summed E-state index contributed by atoms with van der Waals surface area (Å²) in [6.45, 7) is -0.126. The standard InChI is InChI=1S/C20H17BrF3NO5S/c21-14-4-5-17-16(9-14)25(10-18(30-17)11-6-12(7-11)19(26)27)31(28,29)15-3-1-2-13(8-15)20(22,23)24/h1-5,8-9,11-12,18H,6-7,10H2,(H,26,27). The topological polar surface area (TPSA) is 83.9 Å². The van der Waals surface area contributed by atoms with E-state index < -0.39 is 44.6 Å². The Labute approximate surface area is 184 Å². The molecule has 1 atom stereocenters. The van der Waals surface area contributed by atoms with Crippen molar-refractivity contribution in [1.82, 2.24) is 0 Å². The van der Waals surface area contributed by atoms with E-state index in [0.29, 0.717) is 23.4 Å². The molecule has 0 amide bonds. The number of ether oxygens (including phenoxy) is 1. The Morgan fingerprint density at radius 1 is 1.16 bits per heavy atom. The van der Waals surface area contributed by atoms with Gasteiger partial charge in [0.05, 0.1) is 28.6 Å². The molecule has 2 aliphatic rings. The summed E-state index contributed by atoms with van der Waals surface area (Å²) in [7, 11) is -4.34. The van der Waals surface area contributed by atoms with Crippen LogP contribution in [-0.4, -0.2) is 32.1 Å². The average molecular weight is 520 g/mol. The molecule has 1 fully saturated rings. The highest BCUT2D eigenvalue weighted by atomic mass is 79.9. The van der Waals surface area contributed by atoms with Crippen molar-refractivity contribution in [3.8, 4) is 5.75 Å². The lowest BCUT2D eigenvalue weighted by Gasteiger charge is -2.43. The van der Waals surface area contributed by atoms with Gasteiger partial charge < -0.3 is 9.84 Å². The first-order valence-electron chi connectivity index (χ1n) is 9.36. The number of nitrogens with zero attached hydrogens (tertiary/aromatic N) is 1. The van der Waals surface area contributed by atoms with Crippen molar-refractivity contribution in [2.24, 2.45) is 11.8 Å². The molecule has 11 heteroatoms. The molecule has 0 aromatic heterocycles. The number of anilines is 1. The molecule has 1 aliphatic carbocycles. The molecule has 1 N–H and O–H groups in total. The monoisotopic (exact) mass is 519 g/mol. The first kappa shape index (κ1) is 21.9. The van der Waals surface area contributed by atoms with Gasteiger partial charge in [-0.25, -0.2) is 8.42 Å². The number of hydrogen-bond donors (Lipinski definition) is 1. The number of sulfonamides is 1. The van der Waals surface area contributed by atoms with Gasteiger partial charge in [0.15, 0.2) is 0 Å². The molecule has 2 aromatic carbocycles. The molecule has 6 nitrogen and oxygen atoms in total. The number of hydrogen-bond acceptors (Lipinski definition) is 4. The quantitative estimate of drug-likeness (QED) is 0.641. The van der Waals surface area contributed by atoms with Crippen LogP contribution in [0, 0.1) is 11.8 Å². The van der Waals surface area contributed by atoms with E-state index in [9.17, 15) is 26.4 Å². The van der Waals surface area contributed by atoms with Crippen LogP contribution in [0.5, 0.6) is 5.75 Å². The molecule has 1 unspecified atom stereocenters. The van der Waals surface area contributed by atoms with E-state index >= 15 is 0 Å². The normalized spacial score (nSPS) is 23.5. The van der Waals surface area contributed by atoms with Crippen molar-refractivity contribution >= 4 is 37.6 Å². The van der Waals surface area contributed by atoms with Crippen molar-refractivity contribution in [1.29, 1.82) is 0 Å². The Balaban J connectivity index is 1.72. The third-order valence-corrected chi connectivity index (χ3v) is 7.88. The average Bonchev–Trinajstić information content (AvgIpc) is 2.65. The third kappa shape index (κ3) is 4.12. The number of halogens is 4. The summed E-state index contributed by atoms with van der Waals surface area (Å²) in [5.74, 6) is -1.32. The van der Waals surface area contributed by atoms with Gasteiger partial charge in [0, 0.05) is 4.47 Å². The first-order chi connectivity index (χ1) is 14.5. The molecule has 2 aromatic rings. The van der Waals surface area contributed by atoms with E-state index in [4.69, 9.17) is 9.84 Å². The fourth-order valence-corrected chi connectivity index (χ4v) is 5.72. The zero-order valence-corrected chi connectivity index (χ0v) is 18.2. The van der Waals surface area contributed by atoms with E-state index in [1.54, 1.807) is 12.1 Å². The van der Waals surface area contributed by atoms with Gasteiger partial charge in [0.2, 0.25) is 0 Å². The fraction of sp³-hybridized carbons (Fsp3) is 0.350. The van der Waals surface area contributed by atoms with Crippen LogP contribution >= 0.6 is 15.9 Å². The minimum atomic E-state index is -4.68. The molecule has 31 heavy (non-hydrogen) atoms. The molecule has 1 aliphatic heterocycles. The van der Waals surface area contributed by atoms with Crippen molar-refractivity contribution in [3.05, 3.63) is 52.5 Å². The summed E-state index contributed by atoms with van der Waals surface area (Å²) in [6, 6.07) is 8.37. The third-order valence-electron chi connectivity index (χ3n) is 5.61. The highest BCUT2D eigenvalue weighted by molar-refractivity contribution is 9.10. The van der Waals surface area contributed by atoms with E-state index in [1.165, 1.54) is 6.07 Å². The number of alkyl halides is 3. The lowest BCUT2D eigenvalue weighted by Crippen LogP contribution is -2.50. The molecule has 1 saturated carbocycles. The van der Waals surface area contributed by atoms with Gasteiger partial charge in [0.1, 0.15) is 11.9 Å². The molecule has 166 valence electrons. The van der Waals surface area contributed by atoms with Gasteiger partial charge in [0.25, 0.3) is 10.0 Å². The number of carbonyl (C=O) groups is 1. The zero-order valence-electron chi connectivity index (χ0n) is 15.8. The summed E-state index contributed by atoms with van der Waals surface area (Å²) < 4.78 is 73.7. The van der Waals surface area contributed by atoms with Gasteiger partial charge in [-0.15, -0.1) is 0 Å². The SMILES string of the molecule is O=C(O)C1CC(C2CN(S(=O)(=O)c3cccc(C(F)(F)F)c3)c3cc(Br)ccc3O2)C1. The predicted molar refractivity (Wildman–Crippen MR) is 108 cm³/mol. The number of carboxylic acids is 1. The van der Waals surface area contributed by atoms with E-state index in [-0.39, 0.29) is 23.9 Å². The van der Waals surface area contributed by atoms with Crippen molar-refractivity contribution in [2.75, 3.05) is 10.8 Å². The lowest BCUT2D eigenvalue weighted by molar-refractivity contribution is -0.147. The van der Waals surface area contributed by atoms with Crippen molar-refractivity contribution in [2.45, 2.75) is 30.0 Å². The second-order valence-corrected chi connectivity index (χ2v) is 10.4. The summed E-state index contributed by atoms with van der Waals surface area (Å²) in [5, 5.41) is 9.12. The minimum Gasteiger partial charge on any atom is -0.486 e. The number of carboxylic acid groups (broad SMARTS) is 1. The van der Waals surface area contributed by atoms with Gasteiger partial charge in [-0.1, -0.05) is 22.0 Å². The Morgan fingerprint density at radius 3 is 2.52 bits per heavy atom. The zero-order chi connectivity index (χ0) is 22.6. The van der Waals surface area contributed by atoms with E-state index in [1.807, 2.05) is 0 Å². The maximum absolute atomic E-state index is 13.4. The predicted octanol–water partition coefficient (Wildman–Crippen LogP) is 4.54. The Kier molecular flexibility index (Phi) is 5.45. The first-order valence-corrected chi connectivity index (χ1v) is 11.6. The number of aliphatic carboxylic acids is 1. The maximum Gasteiger partial charge on any atom is 0.416 e. The van der Waals surface area contributed by atoms with Crippen LogP contribution in [0.1, 0.15) is 18.4 Å². The number of benzene rings is 2. The molecular weight excluding hydrogens is 503 g/mol. The second-order valence-electron chi connectivity index (χ2n) is 7.60.